The van der Waals surface area contributed by atoms with E-state index in [4.69, 9.17) is 11.6 Å². The highest BCUT2D eigenvalue weighted by Crippen LogP contribution is 2.24. The lowest BCUT2D eigenvalue weighted by Gasteiger charge is -2.31. The molecule has 0 amide bonds. The maximum atomic E-state index is 12.4. The Morgan fingerprint density at radius 3 is 2.42 bits per heavy atom. The second kappa shape index (κ2) is 6.25. The van der Waals surface area contributed by atoms with Gasteiger partial charge in [-0.15, -0.1) is 0 Å². The first-order chi connectivity index (χ1) is 8.66. The Hall–Kier alpha value is -0.580. The molecule has 1 rings (SSSR count). The molecule has 0 aromatic heterocycles. The predicted octanol–water partition coefficient (Wildman–Crippen LogP) is 3.14. The minimum atomic E-state index is -3.33. The van der Waals surface area contributed by atoms with Crippen molar-refractivity contribution in [1.29, 1.82) is 0 Å². The predicted molar refractivity (Wildman–Crippen MR) is 80.4 cm³/mol. The normalized spacial score (nSPS) is 14.4. The first-order valence-corrected chi connectivity index (χ1v) is 8.41. The van der Waals surface area contributed by atoms with E-state index in [2.05, 4.69) is 5.32 Å². The van der Waals surface area contributed by atoms with Crippen LogP contribution in [0.3, 0.4) is 0 Å². The zero-order valence-electron chi connectivity index (χ0n) is 11.9. The van der Waals surface area contributed by atoms with E-state index < -0.39 is 9.84 Å². The van der Waals surface area contributed by atoms with Gasteiger partial charge in [0.1, 0.15) is 0 Å². The highest BCUT2D eigenvalue weighted by molar-refractivity contribution is 7.91. The number of sulfone groups is 1. The average molecular weight is 304 g/mol. The fourth-order valence-electron chi connectivity index (χ4n) is 1.84. The van der Waals surface area contributed by atoms with E-state index in [1.807, 2.05) is 27.7 Å². The molecule has 0 radical (unpaired) electrons. The molecular weight excluding hydrogens is 282 g/mol. The van der Waals surface area contributed by atoms with Crippen molar-refractivity contribution in [2.45, 2.75) is 38.6 Å². The van der Waals surface area contributed by atoms with Gasteiger partial charge in [0.2, 0.25) is 0 Å². The number of nitrogens with one attached hydrogen (secondary N) is 1. The van der Waals surface area contributed by atoms with Crippen LogP contribution in [0.5, 0.6) is 0 Å². The molecule has 0 aliphatic carbocycles. The van der Waals surface area contributed by atoms with Gasteiger partial charge < -0.3 is 5.32 Å². The largest absolute Gasteiger partial charge is 0.313 e. The van der Waals surface area contributed by atoms with Crippen LogP contribution in [0.1, 0.15) is 27.7 Å². The summed E-state index contributed by atoms with van der Waals surface area (Å²) in [5.41, 5.74) is -0.123. The summed E-state index contributed by atoms with van der Waals surface area (Å²) in [7, 11) is -3.33. The summed E-state index contributed by atoms with van der Waals surface area (Å²) in [6.45, 7) is 8.83. The summed E-state index contributed by atoms with van der Waals surface area (Å²) in [6, 6.07) is 6.33. The molecule has 0 aliphatic heterocycles. The van der Waals surface area contributed by atoms with E-state index in [-0.39, 0.29) is 22.1 Å². The Bertz CT molecular complexity index is 520. The van der Waals surface area contributed by atoms with Crippen molar-refractivity contribution < 1.29 is 8.42 Å². The standard InChI is InChI=1S/C14H22ClNO2S/c1-5-16-13(14(2,3)4)10-19(17,18)12-8-6-7-11(15)9-12/h6-9,13,16H,5,10H2,1-4H3. The van der Waals surface area contributed by atoms with E-state index in [1.54, 1.807) is 18.2 Å². The van der Waals surface area contributed by atoms with Crippen LogP contribution in [0, 0.1) is 5.41 Å². The van der Waals surface area contributed by atoms with Gasteiger partial charge in [-0.25, -0.2) is 8.42 Å². The summed E-state index contributed by atoms with van der Waals surface area (Å²) in [5, 5.41) is 3.69. The lowest BCUT2D eigenvalue weighted by molar-refractivity contribution is 0.292. The monoisotopic (exact) mass is 303 g/mol. The first-order valence-electron chi connectivity index (χ1n) is 6.38. The summed E-state index contributed by atoms with van der Waals surface area (Å²) < 4.78 is 24.8. The van der Waals surface area contributed by atoms with Gasteiger partial charge in [0.05, 0.1) is 10.6 Å². The van der Waals surface area contributed by atoms with E-state index in [0.29, 0.717) is 5.02 Å². The molecule has 0 fully saturated rings. The van der Waals surface area contributed by atoms with Gasteiger partial charge in [-0.1, -0.05) is 45.4 Å². The first kappa shape index (κ1) is 16.5. The topological polar surface area (TPSA) is 46.2 Å². The van der Waals surface area contributed by atoms with Crippen molar-refractivity contribution in [3.63, 3.8) is 0 Å². The van der Waals surface area contributed by atoms with Crippen LogP contribution in [0.2, 0.25) is 5.02 Å². The van der Waals surface area contributed by atoms with Gasteiger partial charge in [0, 0.05) is 11.1 Å². The number of benzene rings is 1. The molecule has 19 heavy (non-hydrogen) atoms. The lowest BCUT2D eigenvalue weighted by Crippen LogP contribution is -2.45. The third-order valence-corrected chi connectivity index (χ3v) is 5.02. The Morgan fingerprint density at radius 1 is 1.32 bits per heavy atom. The van der Waals surface area contributed by atoms with Crippen molar-refractivity contribution in [1.82, 2.24) is 5.32 Å². The summed E-state index contributed by atoms with van der Waals surface area (Å²) in [5.74, 6) is 0.0741. The molecule has 0 saturated heterocycles. The smallest absolute Gasteiger partial charge is 0.179 e. The third kappa shape index (κ3) is 4.79. The minimum Gasteiger partial charge on any atom is -0.313 e. The maximum absolute atomic E-state index is 12.4. The fourth-order valence-corrected chi connectivity index (χ4v) is 3.93. The highest BCUT2D eigenvalue weighted by atomic mass is 35.5. The average Bonchev–Trinajstić information content (AvgIpc) is 2.27. The molecule has 1 atom stereocenters. The molecule has 0 bridgehead atoms. The van der Waals surface area contributed by atoms with Crippen LogP contribution in [-0.2, 0) is 9.84 Å². The van der Waals surface area contributed by atoms with Crippen molar-refractivity contribution in [3.05, 3.63) is 29.3 Å². The van der Waals surface area contributed by atoms with Crippen molar-refractivity contribution >= 4 is 21.4 Å². The molecule has 108 valence electrons. The van der Waals surface area contributed by atoms with Crippen molar-refractivity contribution in [2.75, 3.05) is 12.3 Å². The molecule has 0 spiro atoms. The third-order valence-electron chi connectivity index (χ3n) is 3.04. The zero-order valence-corrected chi connectivity index (χ0v) is 13.5. The van der Waals surface area contributed by atoms with Gasteiger partial charge in [0.15, 0.2) is 9.84 Å². The number of rotatable bonds is 5. The Labute approximate surface area is 121 Å². The maximum Gasteiger partial charge on any atom is 0.179 e. The Balaban J connectivity index is 3.01. The van der Waals surface area contributed by atoms with Gasteiger partial charge in [-0.3, -0.25) is 0 Å². The molecule has 3 nitrogen and oxygen atoms in total. The SMILES string of the molecule is CCNC(CS(=O)(=O)c1cccc(Cl)c1)C(C)(C)C. The van der Waals surface area contributed by atoms with Crippen LogP contribution in [0.15, 0.2) is 29.2 Å². The number of halogens is 1. The molecule has 0 heterocycles. The van der Waals surface area contributed by atoms with E-state index in [9.17, 15) is 8.42 Å². The Kier molecular flexibility index (Phi) is 5.42. The van der Waals surface area contributed by atoms with E-state index in [0.717, 1.165) is 6.54 Å². The van der Waals surface area contributed by atoms with Crippen LogP contribution in [0.25, 0.3) is 0 Å². The number of hydrogen-bond donors (Lipinski definition) is 1. The van der Waals surface area contributed by atoms with Crippen LogP contribution < -0.4 is 5.32 Å². The lowest BCUT2D eigenvalue weighted by atomic mass is 9.88. The number of hydrogen-bond acceptors (Lipinski definition) is 3. The van der Waals surface area contributed by atoms with Gasteiger partial charge in [-0.05, 0) is 30.2 Å². The fraction of sp³-hybridized carbons (Fsp3) is 0.571. The molecular formula is C14H22ClNO2S. The quantitative estimate of drug-likeness (QED) is 0.909. The van der Waals surface area contributed by atoms with Gasteiger partial charge in [-0.2, -0.15) is 0 Å². The van der Waals surface area contributed by atoms with Crippen LogP contribution >= 0.6 is 11.6 Å². The second-order valence-electron chi connectivity index (χ2n) is 5.72. The molecule has 1 aromatic carbocycles. The van der Waals surface area contributed by atoms with E-state index >= 15 is 0 Å². The van der Waals surface area contributed by atoms with Crippen molar-refractivity contribution in [2.24, 2.45) is 5.41 Å². The molecule has 1 unspecified atom stereocenters. The zero-order chi connectivity index (χ0) is 14.7. The van der Waals surface area contributed by atoms with Crippen molar-refractivity contribution in [3.8, 4) is 0 Å². The minimum absolute atomic E-state index is 0.0741. The second-order valence-corrected chi connectivity index (χ2v) is 8.19. The molecule has 0 aliphatic rings. The van der Waals surface area contributed by atoms with Crippen LogP contribution in [0.4, 0.5) is 0 Å². The van der Waals surface area contributed by atoms with Gasteiger partial charge >= 0.3 is 0 Å². The Morgan fingerprint density at radius 2 is 1.95 bits per heavy atom. The van der Waals surface area contributed by atoms with Crippen LogP contribution in [-0.4, -0.2) is 26.8 Å². The molecule has 1 N–H and O–H groups in total. The summed E-state index contributed by atoms with van der Waals surface area (Å²) in [6.07, 6.45) is 0. The van der Waals surface area contributed by atoms with E-state index in [1.165, 1.54) is 6.07 Å². The molecule has 1 aromatic rings. The highest BCUT2D eigenvalue weighted by Gasteiger charge is 2.29. The van der Waals surface area contributed by atoms with Gasteiger partial charge in [0.25, 0.3) is 0 Å². The summed E-state index contributed by atoms with van der Waals surface area (Å²) in [4.78, 5) is 0.284. The molecule has 5 heteroatoms. The summed E-state index contributed by atoms with van der Waals surface area (Å²) >= 11 is 5.86. The molecule has 0 saturated carbocycles.